The lowest BCUT2D eigenvalue weighted by Gasteiger charge is -2.19. The van der Waals surface area contributed by atoms with Crippen LogP contribution in [0.3, 0.4) is 0 Å². The molecule has 9 heteroatoms. The summed E-state index contributed by atoms with van der Waals surface area (Å²) in [5.74, 6) is 0.118. The fourth-order valence-electron chi connectivity index (χ4n) is 3.40. The Hall–Kier alpha value is -4.14. The van der Waals surface area contributed by atoms with Crippen LogP contribution in [0.1, 0.15) is 30.2 Å². The maximum atomic E-state index is 12.9. The van der Waals surface area contributed by atoms with Crippen molar-refractivity contribution in [2.75, 3.05) is 24.3 Å². The zero-order chi connectivity index (χ0) is 25.2. The van der Waals surface area contributed by atoms with Gasteiger partial charge in [-0.25, -0.2) is 9.66 Å². The van der Waals surface area contributed by atoms with Gasteiger partial charge in [-0.15, -0.1) is 0 Å². The molecule has 2 amide bonds. The largest absolute Gasteiger partial charge is 0.481 e. The Kier molecular flexibility index (Phi) is 9.00. The first-order chi connectivity index (χ1) is 16.9. The minimum atomic E-state index is -0.811. The number of benzene rings is 2. The monoisotopic (exact) mass is 477 g/mol. The van der Waals surface area contributed by atoms with E-state index in [4.69, 9.17) is 4.74 Å². The van der Waals surface area contributed by atoms with Crippen molar-refractivity contribution in [1.82, 2.24) is 15.0 Å². The predicted molar refractivity (Wildman–Crippen MR) is 135 cm³/mol. The zero-order valence-corrected chi connectivity index (χ0v) is 20.2. The number of amides is 2. The lowest BCUT2D eigenvalue weighted by atomic mass is 10.1. The first-order valence-electron chi connectivity index (χ1n) is 11.5. The molecule has 2 aromatic carbocycles. The van der Waals surface area contributed by atoms with Gasteiger partial charge in [-0.3, -0.25) is 19.8 Å². The number of hydrogen-bond donors (Lipinski definition) is 3. The van der Waals surface area contributed by atoms with Crippen molar-refractivity contribution in [2.45, 2.75) is 39.2 Å². The van der Waals surface area contributed by atoms with Crippen LogP contribution in [0.5, 0.6) is 5.75 Å². The van der Waals surface area contributed by atoms with E-state index in [1.165, 1.54) is 10.9 Å². The summed E-state index contributed by atoms with van der Waals surface area (Å²) in [7, 11) is 1.59. The normalized spacial score (nSPS) is 11.4. The van der Waals surface area contributed by atoms with Crippen LogP contribution in [0.15, 0.2) is 65.6 Å². The molecule has 0 aliphatic heterocycles. The number of carbonyl (C=O) groups excluding carboxylic acids is 2. The maximum absolute atomic E-state index is 12.9. The molecule has 1 atom stereocenters. The maximum Gasteiger partial charge on any atom is 0.312 e. The van der Waals surface area contributed by atoms with Crippen LogP contribution in [-0.4, -0.2) is 41.2 Å². The topological polar surface area (TPSA) is 114 Å². The molecule has 9 nitrogen and oxygen atoms in total. The first kappa shape index (κ1) is 25.5. The molecule has 3 N–H and O–H groups in total. The Morgan fingerprint density at radius 3 is 2.43 bits per heavy atom. The summed E-state index contributed by atoms with van der Waals surface area (Å²) >= 11 is 0. The van der Waals surface area contributed by atoms with Gasteiger partial charge >= 0.3 is 5.56 Å². The van der Waals surface area contributed by atoms with Gasteiger partial charge < -0.3 is 15.4 Å². The van der Waals surface area contributed by atoms with Gasteiger partial charge in [-0.05, 0) is 43.0 Å². The quantitative estimate of drug-likeness (QED) is 0.391. The average Bonchev–Trinajstić information content (AvgIpc) is 2.87. The Morgan fingerprint density at radius 1 is 1.06 bits per heavy atom. The highest BCUT2D eigenvalue weighted by Crippen LogP contribution is 2.16. The molecular weight excluding hydrogens is 446 g/mol. The highest BCUT2D eigenvalue weighted by molar-refractivity contribution is 5.88. The van der Waals surface area contributed by atoms with E-state index in [2.05, 4.69) is 21.0 Å². The molecule has 3 aromatic rings. The molecule has 184 valence electrons. The molecule has 0 spiro atoms. The summed E-state index contributed by atoms with van der Waals surface area (Å²) in [6, 6.07) is 16.9. The highest BCUT2D eigenvalue weighted by atomic mass is 16.5. The van der Waals surface area contributed by atoms with E-state index in [9.17, 15) is 14.4 Å². The number of aromatic nitrogens is 2. The summed E-state index contributed by atoms with van der Waals surface area (Å²) in [5, 5.41) is 5.63. The van der Waals surface area contributed by atoms with Crippen molar-refractivity contribution >= 4 is 17.6 Å². The molecule has 0 saturated carbocycles. The third-order valence-electron chi connectivity index (χ3n) is 5.42. The van der Waals surface area contributed by atoms with Crippen LogP contribution in [0.4, 0.5) is 5.82 Å². The lowest BCUT2D eigenvalue weighted by Crippen LogP contribution is -2.42. The van der Waals surface area contributed by atoms with Crippen LogP contribution in [0.2, 0.25) is 0 Å². The van der Waals surface area contributed by atoms with Gasteiger partial charge in [0, 0.05) is 13.6 Å². The molecule has 0 fully saturated rings. The van der Waals surface area contributed by atoms with Crippen LogP contribution in [-0.2, 0) is 22.4 Å². The summed E-state index contributed by atoms with van der Waals surface area (Å²) in [4.78, 5) is 41.6. The van der Waals surface area contributed by atoms with Gasteiger partial charge in [0.05, 0.1) is 18.3 Å². The number of hydrogen-bond acceptors (Lipinski definition) is 6. The van der Waals surface area contributed by atoms with Crippen molar-refractivity contribution < 1.29 is 14.3 Å². The van der Waals surface area contributed by atoms with E-state index in [1.807, 2.05) is 37.3 Å². The SMILES string of the molecule is CCC(Oc1ccc(CC(=O)NC)cc1)C(=O)Nn1c(C)cnc(NCCc2ccccc2)c1=O. The minimum Gasteiger partial charge on any atom is -0.481 e. The van der Waals surface area contributed by atoms with Crippen LogP contribution in [0, 0.1) is 6.92 Å². The predicted octanol–water partition coefficient (Wildman–Crippen LogP) is 2.42. The lowest BCUT2D eigenvalue weighted by molar-refractivity contribution is -0.124. The standard InChI is InChI=1S/C26H31N5O4/c1-4-22(35-21-12-10-20(11-13-21)16-23(32)27-3)25(33)30-31-18(2)17-29-24(26(31)34)28-15-14-19-8-6-5-7-9-19/h5-13,17,22H,4,14-16H2,1-3H3,(H,27,32)(H,28,29)(H,30,33). The number of carbonyl (C=O) groups is 2. The smallest absolute Gasteiger partial charge is 0.312 e. The van der Waals surface area contributed by atoms with Crippen LogP contribution >= 0.6 is 0 Å². The Morgan fingerprint density at radius 2 is 1.77 bits per heavy atom. The highest BCUT2D eigenvalue weighted by Gasteiger charge is 2.21. The summed E-state index contributed by atoms with van der Waals surface area (Å²) < 4.78 is 7.03. The fourth-order valence-corrected chi connectivity index (χ4v) is 3.40. The van der Waals surface area contributed by atoms with Gasteiger partial charge in [-0.2, -0.15) is 0 Å². The Labute approximate surface area is 204 Å². The second-order valence-corrected chi connectivity index (χ2v) is 8.04. The minimum absolute atomic E-state index is 0.0865. The van der Waals surface area contributed by atoms with E-state index < -0.39 is 17.6 Å². The van der Waals surface area contributed by atoms with Crippen molar-refractivity contribution in [3.63, 3.8) is 0 Å². The second kappa shape index (κ2) is 12.4. The molecule has 35 heavy (non-hydrogen) atoms. The van der Waals surface area contributed by atoms with E-state index in [1.54, 1.807) is 38.2 Å². The van der Waals surface area contributed by atoms with E-state index >= 15 is 0 Å². The number of nitrogens with zero attached hydrogens (tertiary/aromatic N) is 2. The first-order valence-corrected chi connectivity index (χ1v) is 11.5. The molecule has 0 saturated heterocycles. The third-order valence-corrected chi connectivity index (χ3v) is 5.42. The van der Waals surface area contributed by atoms with Crippen molar-refractivity contribution in [3.05, 3.63) is 88.0 Å². The van der Waals surface area contributed by atoms with E-state index in [0.29, 0.717) is 24.4 Å². The third kappa shape index (κ3) is 7.17. The zero-order valence-electron chi connectivity index (χ0n) is 20.2. The van der Waals surface area contributed by atoms with Crippen LogP contribution in [0.25, 0.3) is 0 Å². The molecule has 1 aromatic heterocycles. The van der Waals surface area contributed by atoms with E-state index in [0.717, 1.165) is 17.5 Å². The molecule has 0 aliphatic carbocycles. The number of rotatable bonds is 11. The number of ether oxygens (including phenoxy) is 1. The summed E-state index contributed by atoms with van der Waals surface area (Å²) in [6.45, 7) is 4.04. The molecule has 3 rings (SSSR count). The molecule has 0 radical (unpaired) electrons. The van der Waals surface area contributed by atoms with Crippen LogP contribution < -0.4 is 26.4 Å². The van der Waals surface area contributed by atoms with Crippen molar-refractivity contribution in [1.29, 1.82) is 0 Å². The summed E-state index contributed by atoms with van der Waals surface area (Å²) in [5.41, 5.74) is 4.67. The Bertz CT molecular complexity index is 1190. The van der Waals surface area contributed by atoms with Crippen molar-refractivity contribution in [3.8, 4) is 5.75 Å². The fraction of sp³-hybridized carbons (Fsp3) is 0.308. The van der Waals surface area contributed by atoms with Gasteiger partial charge in [0.15, 0.2) is 11.9 Å². The van der Waals surface area contributed by atoms with E-state index in [-0.39, 0.29) is 18.1 Å². The second-order valence-electron chi connectivity index (χ2n) is 8.04. The van der Waals surface area contributed by atoms with Gasteiger partial charge in [0.1, 0.15) is 5.75 Å². The number of anilines is 1. The summed E-state index contributed by atoms with van der Waals surface area (Å²) in [6.07, 6.45) is 2.11. The average molecular weight is 478 g/mol. The number of likely N-dealkylation sites (N-methyl/N-ethyl adjacent to an activating group) is 1. The van der Waals surface area contributed by atoms with Gasteiger partial charge in [0.2, 0.25) is 5.91 Å². The number of nitrogens with one attached hydrogen (secondary N) is 3. The van der Waals surface area contributed by atoms with Gasteiger partial charge in [-0.1, -0.05) is 49.4 Å². The molecule has 0 bridgehead atoms. The molecule has 0 aliphatic rings. The van der Waals surface area contributed by atoms with Crippen molar-refractivity contribution in [2.24, 2.45) is 0 Å². The molecule has 1 unspecified atom stereocenters. The molecule has 1 heterocycles. The molecular formula is C26H31N5O4. The van der Waals surface area contributed by atoms with Gasteiger partial charge in [0.25, 0.3) is 5.91 Å². The Balaban J connectivity index is 1.64. The number of aryl methyl sites for hydroxylation is 1.